The molecular weight excluding hydrogens is 544 g/mol. The van der Waals surface area contributed by atoms with Crippen molar-refractivity contribution in [1.29, 1.82) is 0 Å². The second-order valence-corrected chi connectivity index (χ2v) is 10.1. The average molecular weight is 609 g/mol. The molecule has 0 atom stereocenters. The molecule has 0 heterocycles. The van der Waals surface area contributed by atoms with E-state index < -0.39 is 0 Å². The van der Waals surface area contributed by atoms with Crippen LogP contribution in [0.5, 0.6) is 0 Å². The zero-order chi connectivity index (χ0) is 30.4. The molecule has 0 aromatic carbocycles. The van der Waals surface area contributed by atoms with Gasteiger partial charge in [-0.3, -0.25) is 4.79 Å². The van der Waals surface area contributed by atoms with Gasteiger partial charge in [0.2, 0.25) is 0 Å². The number of unbranched alkanes of at least 4 members (excludes halogenated alkanes) is 9. The summed E-state index contributed by atoms with van der Waals surface area (Å²) in [4.78, 5) is 11.7. The molecule has 0 aliphatic rings. The fourth-order valence-corrected chi connectivity index (χ4v) is 3.79. The van der Waals surface area contributed by atoms with E-state index in [1.165, 1.54) is 51.4 Å². The van der Waals surface area contributed by atoms with E-state index in [2.05, 4.69) is 13.8 Å². The monoisotopic (exact) mass is 608 g/mol. The van der Waals surface area contributed by atoms with Gasteiger partial charge >= 0.3 is 5.97 Å². The number of rotatable bonds is 37. The molecule has 0 N–H and O–H groups in total. The predicted molar refractivity (Wildman–Crippen MR) is 164 cm³/mol. The average Bonchev–Trinajstić information content (AvgIpc) is 2.99. The van der Waals surface area contributed by atoms with Crippen molar-refractivity contribution in [3.8, 4) is 0 Å². The Morgan fingerprint density at radius 2 is 0.619 bits per heavy atom. The molecule has 0 radical (unpaired) electrons. The van der Waals surface area contributed by atoms with Gasteiger partial charge in [-0.2, -0.15) is 0 Å². The van der Waals surface area contributed by atoms with E-state index >= 15 is 0 Å². The van der Waals surface area contributed by atoms with Crippen molar-refractivity contribution in [3.05, 3.63) is 0 Å². The minimum atomic E-state index is -0.135. The Kier molecular flexibility index (Phi) is 37.4. The summed E-state index contributed by atoms with van der Waals surface area (Å²) in [7, 11) is 0. The van der Waals surface area contributed by atoms with Gasteiger partial charge < -0.3 is 42.6 Å². The molecule has 0 aliphatic carbocycles. The number of hydrogen-bond acceptors (Lipinski definition) is 10. The zero-order valence-electron chi connectivity index (χ0n) is 27.1. The highest BCUT2D eigenvalue weighted by molar-refractivity contribution is 5.69. The van der Waals surface area contributed by atoms with E-state index in [1.54, 1.807) is 0 Å². The van der Waals surface area contributed by atoms with Gasteiger partial charge in [0.05, 0.1) is 99.1 Å². The van der Waals surface area contributed by atoms with Crippen molar-refractivity contribution >= 4 is 5.97 Å². The summed E-state index contributed by atoms with van der Waals surface area (Å²) in [6.45, 7) is 13.4. The van der Waals surface area contributed by atoms with Crippen molar-refractivity contribution in [3.63, 3.8) is 0 Å². The van der Waals surface area contributed by atoms with Crippen molar-refractivity contribution < 1.29 is 47.4 Å². The topological polar surface area (TPSA) is 100 Å². The van der Waals surface area contributed by atoms with Gasteiger partial charge in [0.1, 0.15) is 6.61 Å². The molecule has 10 heteroatoms. The molecule has 0 aromatic heterocycles. The van der Waals surface area contributed by atoms with E-state index in [-0.39, 0.29) is 5.97 Å². The van der Waals surface area contributed by atoms with Gasteiger partial charge in [0.25, 0.3) is 0 Å². The first-order chi connectivity index (χ1) is 20.8. The first-order valence-electron chi connectivity index (χ1n) is 16.6. The molecule has 0 amide bonds. The van der Waals surface area contributed by atoms with E-state index in [1.807, 2.05) is 0 Å². The Hall–Kier alpha value is -0.850. The van der Waals surface area contributed by atoms with Crippen LogP contribution in [0, 0.1) is 0 Å². The molecule has 0 saturated heterocycles. The van der Waals surface area contributed by atoms with E-state index in [9.17, 15) is 4.79 Å². The summed E-state index contributed by atoms with van der Waals surface area (Å²) >= 11 is 0. The summed E-state index contributed by atoms with van der Waals surface area (Å²) in [6.07, 6.45) is 13.7. The lowest BCUT2D eigenvalue weighted by molar-refractivity contribution is -0.145. The van der Waals surface area contributed by atoms with Gasteiger partial charge in [0.15, 0.2) is 0 Å². The molecule has 0 bridgehead atoms. The van der Waals surface area contributed by atoms with Crippen LogP contribution in [-0.2, 0) is 47.4 Å². The maximum Gasteiger partial charge on any atom is 0.305 e. The van der Waals surface area contributed by atoms with Gasteiger partial charge in [-0.1, -0.05) is 71.6 Å². The summed E-state index contributed by atoms with van der Waals surface area (Å²) in [5.41, 5.74) is 0. The van der Waals surface area contributed by atoms with E-state index in [0.717, 1.165) is 25.9 Å². The van der Waals surface area contributed by atoms with Crippen molar-refractivity contribution in [2.24, 2.45) is 0 Å². The number of ether oxygens (including phenoxy) is 9. The maximum absolute atomic E-state index is 11.7. The number of carbonyl (C=O) groups excluding carboxylic acids is 1. The van der Waals surface area contributed by atoms with Crippen molar-refractivity contribution in [2.45, 2.75) is 90.9 Å². The van der Waals surface area contributed by atoms with Crippen LogP contribution in [0.1, 0.15) is 90.9 Å². The van der Waals surface area contributed by atoms with Crippen LogP contribution in [0.15, 0.2) is 0 Å². The fraction of sp³-hybridized carbons (Fsp3) is 0.969. The Balaban J connectivity index is 3.09. The molecule has 10 nitrogen and oxygen atoms in total. The minimum Gasteiger partial charge on any atom is -0.463 e. The molecule has 0 aromatic rings. The number of carbonyl (C=O) groups is 1. The van der Waals surface area contributed by atoms with Gasteiger partial charge in [0, 0.05) is 13.0 Å². The quantitative estimate of drug-likeness (QED) is 0.0675. The van der Waals surface area contributed by atoms with Crippen LogP contribution in [0.4, 0.5) is 0 Å². The minimum absolute atomic E-state index is 0.135. The van der Waals surface area contributed by atoms with Crippen LogP contribution in [0.25, 0.3) is 0 Å². The normalized spacial score (nSPS) is 11.4. The molecule has 0 unspecified atom stereocenters. The smallest absolute Gasteiger partial charge is 0.305 e. The van der Waals surface area contributed by atoms with Gasteiger partial charge in [-0.05, 0) is 12.8 Å². The lowest BCUT2D eigenvalue weighted by Gasteiger charge is -2.09. The Labute approximate surface area is 256 Å². The molecule has 0 spiro atoms. The molecular formula is C32H64O10. The number of hydrogen-bond donors (Lipinski definition) is 0. The van der Waals surface area contributed by atoms with Crippen LogP contribution in [-0.4, -0.2) is 118 Å². The molecule has 0 fully saturated rings. The van der Waals surface area contributed by atoms with Crippen LogP contribution < -0.4 is 0 Å². The maximum atomic E-state index is 11.7. The Morgan fingerprint density at radius 3 is 1.00 bits per heavy atom. The van der Waals surface area contributed by atoms with E-state index in [4.69, 9.17) is 42.6 Å². The van der Waals surface area contributed by atoms with Gasteiger partial charge in [-0.15, -0.1) is 0 Å². The second-order valence-electron chi connectivity index (χ2n) is 10.1. The first kappa shape index (κ1) is 41.1. The molecule has 0 saturated carbocycles. The largest absolute Gasteiger partial charge is 0.463 e. The third-order valence-electron chi connectivity index (χ3n) is 6.22. The first-order valence-corrected chi connectivity index (χ1v) is 16.6. The van der Waals surface area contributed by atoms with Crippen molar-refractivity contribution in [1.82, 2.24) is 0 Å². The van der Waals surface area contributed by atoms with Crippen LogP contribution >= 0.6 is 0 Å². The molecule has 0 aliphatic heterocycles. The van der Waals surface area contributed by atoms with Crippen molar-refractivity contribution in [2.75, 3.05) is 112 Å². The van der Waals surface area contributed by atoms with Crippen LogP contribution in [0.3, 0.4) is 0 Å². The summed E-state index contributed by atoms with van der Waals surface area (Å²) in [6, 6.07) is 0. The number of esters is 1. The third-order valence-corrected chi connectivity index (χ3v) is 6.22. The lowest BCUT2D eigenvalue weighted by Crippen LogP contribution is -2.15. The molecule has 252 valence electrons. The van der Waals surface area contributed by atoms with Gasteiger partial charge in [-0.25, -0.2) is 0 Å². The summed E-state index contributed by atoms with van der Waals surface area (Å²) in [5, 5.41) is 0. The second kappa shape index (κ2) is 38.2. The Morgan fingerprint density at radius 1 is 0.333 bits per heavy atom. The van der Waals surface area contributed by atoms with E-state index in [0.29, 0.717) is 112 Å². The Bertz CT molecular complexity index is 510. The molecule has 42 heavy (non-hydrogen) atoms. The standard InChI is InChI=1S/C32H64O10/c1-3-5-7-9-10-11-12-14-32(33)42-31-30-41-29-28-40-27-26-39-25-24-38-23-22-37-21-20-36-19-18-35-17-16-34-15-13-8-6-4-2/h3-31H2,1-2H3. The highest BCUT2D eigenvalue weighted by Gasteiger charge is 2.02. The zero-order valence-corrected chi connectivity index (χ0v) is 27.1. The predicted octanol–water partition coefficient (Wildman–Crippen LogP) is 5.38. The third kappa shape index (κ3) is 37.2. The highest BCUT2D eigenvalue weighted by Crippen LogP contribution is 2.08. The fourth-order valence-electron chi connectivity index (χ4n) is 3.79. The lowest BCUT2D eigenvalue weighted by atomic mass is 10.1. The summed E-state index contributed by atoms with van der Waals surface area (Å²) < 4.78 is 49.0. The molecule has 0 rings (SSSR count). The SMILES string of the molecule is CCCCCCCCCC(=O)OCCOCCOCCOCCOCCOCCOCCOCCOCCCCCC. The summed E-state index contributed by atoms with van der Waals surface area (Å²) in [5.74, 6) is -0.135. The highest BCUT2D eigenvalue weighted by atomic mass is 16.6. The van der Waals surface area contributed by atoms with Crippen LogP contribution in [0.2, 0.25) is 0 Å².